The molecule has 0 spiro atoms. The summed E-state index contributed by atoms with van der Waals surface area (Å²) >= 11 is 5.65. The van der Waals surface area contributed by atoms with Crippen LogP contribution in [-0.4, -0.2) is 32.1 Å². The highest BCUT2D eigenvalue weighted by molar-refractivity contribution is 6.32. The number of halogens is 1. The van der Waals surface area contributed by atoms with Gasteiger partial charge in [0.05, 0.1) is 0 Å². The summed E-state index contributed by atoms with van der Waals surface area (Å²) in [6.45, 7) is 1.58. The highest BCUT2D eigenvalue weighted by atomic mass is 35.5. The van der Waals surface area contributed by atoms with Crippen molar-refractivity contribution in [3.63, 3.8) is 0 Å². The van der Waals surface area contributed by atoms with E-state index in [9.17, 15) is 9.59 Å². The summed E-state index contributed by atoms with van der Waals surface area (Å²) in [5.74, 6) is -0.609. The predicted octanol–water partition coefficient (Wildman–Crippen LogP) is 1.23. The third kappa shape index (κ3) is 3.55. The smallest absolute Gasteiger partial charge is 0.270 e. The molecule has 104 valence electrons. The molecule has 8 heteroatoms. The highest BCUT2D eigenvalue weighted by Gasteiger charge is 2.10. The average molecular weight is 294 g/mol. The fourth-order valence-corrected chi connectivity index (χ4v) is 1.44. The molecular formula is C12H12ClN5O2. The molecule has 2 amide bonds. The second-order valence-electron chi connectivity index (χ2n) is 3.99. The Morgan fingerprint density at radius 1 is 1.20 bits per heavy atom. The molecule has 7 nitrogen and oxygen atoms in total. The summed E-state index contributed by atoms with van der Waals surface area (Å²) in [4.78, 5) is 23.3. The molecule has 2 aromatic rings. The van der Waals surface area contributed by atoms with Crippen molar-refractivity contribution in [2.45, 2.75) is 12.3 Å². The minimum Gasteiger partial charge on any atom is -0.325 e. The Hall–Kier alpha value is -2.41. The lowest BCUT2D eigenvalue weighted by atomic mass is 10.2. The van der Waals surface area contributed by atoms with Crippen LogP contribution in [0.15, 0.2) is 36.9 Å². The van der Waals surface area contributed by atoms with Gasteiger partial charge in [-0.25, -0.2) is 4.68 Å². The van der Waals surface area contributed by atoms with E-state index in [4.69, 9.17) is 11.6 Å². The molecule has 2 rings (SSSR count). The van der Waals surface area contributed by atoms with Gasteiger partial charge in [-0.1, -0.05) is 0 Å². The van der Waals surface area contributed by atoms with Gasteiger partial charge in [-0.2, -0.15) is 0 Å². The zero-order chi connectivity index (χ0) is 14.5. The fraction of sp³-hybridized carbons (Fsp3) is 0.167. The summed E-state index contributed by atoms with van der Waals surface area (Å²) in [5.41, 5.74) is 3.57. The third-order valence-corrected chi connectivity index (χ3v) is 2.62. The molecule has 0 radical (unpaired) electrons. The molecule has 1 aromatic heterocycles. The Kier molecular flexibility index (Phi) is 4.31. The quantitative estimate of drug-likeness (QED) is 0.830. The number of nitrogens with one attached hydrogen (secondary N) is 2. The Bertz CT molecular complexity index is 595. The topological polar surface area (TPSA) is 88.9 Å². The van der Waals surface area contributed by atoms with E-state index < -0.39 is 5.38 Å². The summed E-state index contributed by atoms with van der Waals surface area (Å²) in [6, 6.07) is 6.43. The minimum absolute atomic E-state index is 0.298. The van der Waals surface area contributed by atoms with Crippen molar-refractivity contribution in [2.75, 3.05) is 10.7 Å². The fourth-order valence-electron chi connectivity index (χ4n) is 1.39. The molecule has 0 bridgehead atoms. The molecule has 0 fully saturated rings. The standard InChI is InChI=1S/C12H12ClN5O2/c1-8(13)11(19)16-10-4-2-9(3-5-10)12(20)17-18-6-14-15-7-18/h2-8H,1H3,(H,16,19)(H,17,20)/t8-/m1/s1. The van der Waals surface area contributed by atoms with Gasteiger partial charge in [-0.15, -0.1) is 21.8 Å². The molecule has 0 aliphatic rings. The van der Waals surface area contributed by atoms with Crippen molar-refractivity contribution < 1.29 is 9.59 Å². The van der Waals surface area contributed by atoms with Crippen LogP contribution in [0.2, 0.25) is 0 Å². The number of hydrogen-bond acceptors (Lipinski definition) is 4. The van der Waals surface area contributed by atoms with Gasteiger partial charge in [0.1, 0.15) is 18.0 Å². The van der Waals surface area contributed by atoms with Gasteiger partial charge in [-0.3, -0.25) is 15.0 Å². The summed E-state index contributed by atoms with van der Waals surface area (Å²) in [5, 5.41) is 9.15. The van der Waals surface area contributed by atoms with Crippen molar-refractivity contribution in [1.82, 2.24) is 14.9 Å². The number of benzene rings is 1. The number of rotatable bonds is 4. The first-order valence-corrected chi connectivity index (χ1v) is 6.21. The molecular weight excluding hydrogens is 282 g/mol. The van der Waals surface area contributed by atoms with Crippen LogP contribution in [-0.2, 0) is 4.79 Å². The van der Waals surface area contributed by atoms with Crippen LogP contribution in [0.4, 0.5) is 5.69 Å². The molecule has 0 saturated carbocycles. The van der Waals surface area contributed by atoms with Crippen molar-refractivity contribution in [1.29, 1.82) is 0 Å². The van der Waals surface area contributed by atoms with E-state index in [0.29, 0.717) is 11.3 Å². The van der Waals surface area contributed by atoms with Crippen molar-refractivity contribution in [3.8, 4) is 0 Å². The zero-order valence-electron chi connectivity index (χ0n) is 10.6. The number of carbonyl (C=O) groups is 2. The molecule has 2 N–H and O–H groups in total. The number of carbonyl (C=O) groups excluding carboxylic acids is 2. The lowest BCUT2D eigenvalue weighted by Crippen LogP contribution is -2.22. The van der Waals surface area contributed by atoms with E-state index in [1.54, 1.807) is 31.2 Å². The van der Waals surface area contributed by atoms with Crippen LogP contribution < -0.4 is 10.7 Å². The molecule has 0 saturated heterocycles. The van der Waals surface area contributed by atoms with Crippen LogP contribution in [0.3, 0.4) is 0 Å². The van der Waals surface area contributed by atoms with Crippen LogP contribution in [0, 0.1) is 0 Å². The molecule has 20 heavy (non-hydrogen) atoms. The molecule has 0 aliphatic carbocycles. The number of alkyl halides is 1. The maximum Gasteiger partial charge on any atom is 0.270 e. The Morgan fingerprint density at radius 2 is 1.80 bits per heavy atom. The van der Waals surface area contributed by atoms with Gasteiger partial charge >= 0.3 is 0 Å². The van der Waals surface area contributed by atoms with E-state index in [2.05, 4.69) is 20.9 Å². The molecule has 1 atom stereocenters. The molecule has 1 aromatic carbocycles. The van der Waals surface area contributed by atoms with Crippen LogP contribution in [0.25, 0.3) is 0 Å². The van der Waals surface area contributed by atoms with E-state index >= 15 is 0 Å². The van der Waals surface area contributed by atoms with Crippen LogP contribution >= 0.6 is 11.6 Å². The van der Waals surface area contributed by atoms with Crippen LogP contribution in [0.5, 0.6) is 0 Å². The number of nitrogens with zero attached hydrogens (tertiary/aromatic N) is 3. The summed E-state index contributed by atoms with van der Waals surface area (Å²) in [7, 11) is 0. The van der Waals surface area contributed by atoms with Gasteiger partial charge in [-0.05, 0) is 31.2 Å². The first-order chi connectivity index (χ1) is 9.56. The van der Waals surface area contributed by atoms with E-state index in [1.807, 2.05) is 0 Å². The number of anilines is 1. The molecule has 0 aliphatic heterocycles. The summed E-state index contributed by atoms with van der Waals surface area (Å²) in [6.07, 6.45) is 2.74. The summed E-state index contributed by atoms with van der Waals surface area (Å²) < 4.78 is 1.34. The lowest BCUT2D eigenvalue weighted by molar-refractivity contribution is -0.115. The Balaban J connectivity index is 2.00. The normalized spacial score (nSPS) is 11.7. The van der Waals surface area contributed by atoms with Crippen molar-refractivity contribution in [2.24, 2.45) is 0 Å². The largest absolute Gasteiger partial charge is 0.325 e. The maximum absolute atomic E-state index is 11.9. The second-order valence-corrected chi connectivity index (χ2v) is 4.65. The third-order valence-electron chi connectivity index (χ3n) is 2.43. The zero-order valence-corrected chi connectivity index (χ0v) is 11.3. The van der Waals surface area contributed by atoms with E-state index in [1.165, 1.54) is 17.3 Å². The number of hydrogen-bond donors (Lipinski definition) is 2. The lowest BCUT2D eigenvalue weighted by Gasteiger charge is -2.08. The predicted molar refractivity (Wildman–Crippen MR) is 74.1 cm³/mol. The van der Waals surface area contributed by atoms with Crippen molar-refractivity contribution in [3.05, 3.63) is 42.5 Å². The SMILES string of the molecule is C[C@@H](Cl)C(=O)Nc1ccc(C(=O)Nn2cnnc2)cc1. The average Bonchev–Trinajstić information content (AvgIpc) is 2.92. The molecule has 1 heterocycles. The van der Waals surface area contributed by atoms with Gasteiger partial charge in [0.15, 0.2) is 0 Å². The Labute approximate surface area is 119 Å². The van der Waals surface area contributed by atoms with Crippen molar-refractivity contribution >= 4 is 29.1 Å². The van der Waals surface area contributed by atoms with E-state index in [-0.39, 0.29) is 11.8 Å². The van der Waals surface area contributed by atoms with Gasteiger partial charge in [0.2, 0.25) is 5.91 Å². The van der Waals surface area contributed by atoms with Gasteiger partial charge < -0.3 is 5.32 Å². The minimum atomic E-state index is -0.619. The second kappa shape index (κ2) is 6.16. The van der Waals surface area contributed by atoms with Gasteiger partial charge in [0.25, 0.3) is 5.91 Å². The Morgan fingerprint density at radius 3 is 2.35 bits per heavy atom. The maximum atomic E-state index is 11.9. The van der Waals surface area contributed by atoms with E-state index in [0.717, 1.165) is 0 Å². The number of aromatic nitrogens is 3. The molecule has 0 unspecified atom stereocenters. The monoisotopic (exact) mass is 293 g/mol. The first kappa shape index (κ1) is 14.0. The van der Waals surface area contributed by atoms with Gasteiger partial charge in [0, 0.05) is 11.3 Å². The highest BCUT2D eigenvalue weighted by Crippen LogP contribution is 2.11. The number of amides is 2. The van der Waals surface area contributed by atoms with Crippen LogP contribution in [0.1, 0.15) is 17.3 Å². The first-order valence-electron chi connectivity index (χ1n) is 5.77.